The van der Waals surface area contributed by atoms with Gasteiger partial charge >= 0.3 is 6.09 Å². The second-order valence-corrected chi connectivity index (χ2v) is 12.9. The van der Waals surface area contributed by atoms with E-state index in [0.29, 0.717) is 24.3 Å². The topological polar surface area (TPSA) is 87.7 Å². The van der Waals surface area contributed by atoms with Crippen LogP contribution in [0.15, 0.2) is 42.5 Å². The first-order valence-electron chi connectivity index (χ1n) is 13.9. The lowest BCUT2D eigenvalue weighted by Gasteiger charge is -2.45. The highest BCUT2D eigenvalue weighted by Crippen LogP contribution is 2.35. The van der Waals surface area contributed by atoms with Gasteiger partial charge in [-0.05, 0) is 103 Å². The smallest absolute Gasteiger partial charge is 0.408 e. The van der Waals surface area contributed by atoms with Gasteiger partial charge in [-0.3, -0.25) is 9.59 Å². The molecule has 0 heterocycles. The Kier molecular flexibility index (Phi) is 11.7. The average Bonchev–Trinajstić information content (AvgIpc) is 2.86. The Bertz CT molecular complexity index is 1190. The van der Waals surface area contributed by atoms with Crippen molar-refractivity contribution in [1.82, 2.24) is 10.2 Å². The fourth-order valence-corrected chi connectivity index (χ4v) is 4.89. The van der Waals surface area contributed by atoms with Crippen molar-refractivity contribution in [3.8, 4) is 0 Å². The Morgan fingerprint density at radius 3 is 2.20 bits per heavy atom. The molecule has 2 rings (SSSR count). The van der Waals surface area contributed by atoms with Gasteiger partial charge in [0.25, 0.3) is 5.91 Å². The molecular weight excluding hydrogens is 522 g/mol. The molecule has 0 aliphatic heterocycles. The number of para-hydroxylation sites is 1. The van der Waals surface area contributed by atoms with E-state index in [0.717, 1.165) is 22.3 Å². The first-order valence-corrected chi connectivity index (χ1v) is 15.3. The number of amides is 3. The van der Waals surface area contributed by atoms with Gasteiger partial charge in [0.2, 0.25) is 5.91 Å². The lowest BCUT2D eigenvalue weighted by molar-refractivity contribution is -0.147. The predicted molar refractivity (Wildman–Crippen MR) is 166 cm³/mol. The summed E-state index contributed by atoms with van der Waals surface area (Å²) in [6, 6.07) is 11.7. The number of thioether (sulfide) groups is 1. The SMILES string of the molecule is CCC(C)(C)N(C(=O)C(CCSC)NC(=O)OC(C)(C)C)C(C(=O)Nc1ccccc1C)c1cc(C)ccc1C. The van der Waals surface area contributed by atoms with Gasteiger partial charge in [0.1, 0.15) is 17.7 Å². The molecule has 0 fully saturated rings. The van der Waals surface area contributed by atoms with Gasteiger partial charge in [0.05, 0.1) is 0 Å². The molecule has 0 saturated carbocycles. The van der Waals surface area contributed by atoms with Crippen molar-refractivity contribution < 1.29 is 19.1 Å². The van der Waals surface area contributed by atoms with Crippen LogP contribution in [0.25, 0.3) is 0 Å². The Hall–Kier alpha value is -3.00. The molecule has 2 N–H and O–H groups in total. The Morgan fingerprint density at radius 1 is 0.975 bits per heavy atom. The van der Waals surface area contributed by atoms with Gasteiger partial charge in [0, 0.05) is 11.2 Å². The number of nitrogens with one attached hydrogen (secondary N) is 2. The number of carbonyl (C=O) groups is 3. The molecule has 3 amide bonds. The molecule has 8 heteroatoms. The first-order chi connectivity index (χ1) is 18.6. The van der Waals surface area contributed by atoms with Crippen LogP contribution in [0.1, 0.15) is 82.7 Å². The van der Waals surface area contributed by atoms with Gasteiger partial charge in [-0.15, -0.1) is 0 Å². The number of nitrogens with zero attached hydrogens (tertiary/aromatic N) is 1. The number of ether oxygens (including phenoxy) is 1. The summed E-state index contributed by atoms with van der Waals surface area (Å²) in [7, 11) is 0. The number of hydrogen-bond donors (Lipinski definition) is 2. The molecule has 2 unspecified atom stereocenters. The molecular formula is C32H47N3O4S. The minimum absolute atomic E-state index is 0.307. The zero-order valence-electron chi connectivity index (χ0n) is 25.8. The Morgan fingerprint density at radius 2 is 1.62 bits per heavy atom. The quantitative estimate of drug-likeness (QED) is 0.306. The van der Waals surface area contributed by atoms with E-state index in [1.54, 1.807) is 37.4 Å². The van der Waals surface area contributed by atoms with E-state index in [9.17, 15) is 14.4 Å². The molecule has 0 spiro atoms. The van der Waals surface area contributed by atoms with E-state index in [4.69, 9.17) is 4.74 Å². The standard InChI is InChI=1S/C32H47N3O4S/c1-11-32(8,9)35(29(37)26(18-19-40-10)34-30(38)39-31(5,6)7)27(24-20-21(2)16-17-22(24)3)28(36)33-25-15-13-12-14-23(25)4/h12-17,20,26-27H,11,18-19H2,1-10H3,(H,33,36)(H,34,38). The monoisotopic (exact) mass is 569 g/mol. The first kappa shape index (κ1) is 33.2. The number of carbonyl (C=O) groups excluding carboxylic acids is 3. The normalized spacial score (nSPS) is 13.2. The fourth-order valence-electron chi connectivity index (χ4n) is 4.42. The van der Waals surface area contributed by atoms with Crippen LogP contribution < -0.4 is 10.6 Å². The summed E-state index contributed by atoms with van der Waals surface area (Å²) in [5.74, 6) is 0.0206. The van der Waals surface area contributed by atoms with Crippen LogP contribution >= 0.6 is 11.8 Å². The predicted octanol–water partition coefficient (Wildman–Crippen LogP) is 6.96. The molecule has 0 aliphatic carbocycles. The zero-order chi connectivity index (χ0) is 30.3. The van der Waals surface area contributed by atoms with Crippen LogP contribution in [0.4, 0.5) is 10.5 Å². The van der Waals surface area contributed by atoms with E-state index >= 15 is 0 Å². The maximum absolute atomic E-state index is 14.6. The van der Waals surface area contributed by atoms with Crippen LogP contribution in [0.5, 0.6) is 0 Å². The largest absolute Gasteiger partial charge is 0.444 e. The highest BCUT2D eigenvalue weighted by Gasteiger charge is 2.43. The zero-order valence-corrected chi connectivity index (χ0v) is 26.6. The molecule has 0 bridgehead atoms. The Balaban J connectivity index is 2.69. The number of alkyl carbamates (subject to hydrolysis) is 1. The van der Waals surface area contributed by atoms with Gasteiger partial charge in [-0.1, -0.05) is 48.9 Å². The van der Waals surface area contributed by atoms with Crippen molar-refractivity contribution in [1.29, 1.82) is 0 Å². The summed E-state index contributed by atoms with van der Waals surface area (Å²) in [6.45, 7) is 17.1. The highest BCUT2D eigenvalue weighted by molar-refractivity contribution is 7.98. The molecule has 40 heavy (non-hydrogen) atoms. The van der Waals surface area contributed by atoms with E-state index in [1.807, 2.05) is 90.3 Å². The third-order valence-corrected chi connectivity index (χ3v) is 7.64. The minimum Gasteiger partial charge on any atom is -0.444 e. The second kappa shape index (κ2) is 14.1. The molecule has 0 radical (unpaired) electrons. The maximum Gasteiger partial charge on any atom is 0.408 e. The van der Waals surface area contributed by atoms with Crippen molar-refractivity contribution in [2.45, 2.75) is 98.4 Å². The van der Waals surface area contributed by atoms with Crippen LogP contribution in [-0.2, 0) is 14.3 Å². The molecule has 2 aromatic rings. The lowest BCUT2D eigenvalue weighted by Crippen LogP contribution is -2.59. The number of rotatable bonds is 11. The van der Waals surface area contributed by atoms with Gasteiger partial charge in [0.15, 0.2) is 0 Å². The highest BCUT2D eigenvalue weighted by atomic mass is 32.2. The second-order valence-electron chi connectivity index (χ2n) is 11.9. The van der Waals surface area contributed by atoms with Crippen LogP contribution in [0.3, 0.4) is 0 Å². The minimum atomic E-state index is -0.931. The third kappa shape index (κ3) is 9.01. The van der Waals surface area contributed by atoms with Gasteiger partial charge in [-0.25, -0.2) is 4.79 Å². The maximum atomic E-state index is 14.6. The number of hydrogen-bond acceptors (Lipinski definition) is 5. The number of benzene rings is 2. The van der Waals surface area contributed by atoms with Crippen LogP contribution in [-0.4, -0.2) is 52.0 Å². The Labute approximate surface area is 244 Å². The van der Waals surface area contributed by atoms with E-state index in [1.165, 1.54) is 0 Å². The molecule has 0 aliphatic rings. The van der Waals surface area contributed by atoms with Gasteiger partial charge < -0.3 is 20.3 Å². The van der Waals surface area contributed by atoms with Crippen molar-refractivity contribution in [2.75, 3.05) is 17.3 Å². The lowest BCUT2D eigenvalue weighted by atomic mass is 9.89. The van der Waals surface area contributed by atoms with E-state index in [2.05, 4.69) is 10.6 Å². The summed E-state index contributed by atoms with van der Waals surface area (Å²) in [5.41, 5.74) is 2.83. The van der Waals surface area contributed by atoms with Crippen molar-refractivity contribution in [2.24, 2.45) is 0 Å². The molecule has 7 nitrogen and oxygen atoms in total. The van der Waals surface area contributed by atoms with Crippen LogP contribution in [0, 0.1) is 20.8 Å². The molecule has 0 aromatic heterocycles. The summed E-state index contributed by atoms with van der Waals surface area (Å²) >= 11 is 1.59. The molecule has 2 aromatic carbocycles. The molecule has 220 valence electrons. The van der Waals surface area contributed by atoms with E-state index < -0.39 is 29.3 Å². The van der Waals surface area contributed by atoms with Crippen molar-refractivity contribution in [3.63, 3.8) is 0 Å². The van der Waals surface area contributed by atoms with Gasteiger partial charge in [-0.2, -0.15) is 11.8 Å². The number of anilines is 1. The molecule has 0 saturated heterocycles. The average molecular weight is 570 g/mol. The van der Waals surface area contributed by atoms with E-state index in [-0.39, 0.29) is 11.8 Å². The summed E-state index contributed by atoms with van der Waals surface area (Å²) in [6.07, 6.45) is 2.29. The summed E-state index contributed by atoms with van der Waals surface area (Å²) in [4.78, 5) is 43.3. The third-order valence-electron chi connectivity index (χ3n) is 6.99. The number of aryl methyl sites for hydroxylation is 3. The molecule has 2 atom stereocenters. The van der Waals surface area contributed by atoms with Crippen molar-refractivity contribution in [3.05, 3.63) is 64.7 Å². The van der Waals surface area contributed by atoms with Crippen LogP contribution in [0.2, 0.25) is 0 Å². The van der Waals surface area contributed by atoms with Crippen molar-refractivity contribution >= 4 is 35.4 Å². The summed E-state index contributed by atoms with van der Waals surface area (Å²) < 4.78 is 5.50. The summed E-state index contributed by atoms with van der Waals surface area (Å²) in [5, 5.41) is 5.91. The fraction of sp³-hybridized carbons (Fsp3) is 0.531.